The first-order chi connectivity index (χ1) is 11.6. The molecule has 1 fully saturated rings. The van der Waals surface area contributed by atoms with Gasteiger partial charge in [0.25, 0.3) is 5.56 Å². The smallest absolute Gasteiger partial charge is 0.261 e. The van der Waals surface area contributed by atoms with Crippen molar-refractivity contribution >= 4 is 16.8 Å². The highest BCUT2D eigenvalue weighted by molar-refractivity contribution is 5.77. The minimum absolute atomic E-state index is 0.0368. The molecule has 2 heterocycles. The van der Waals surface area contributed by atoms with Gasteiger partial charge in [-0.1, -0.05) is 12.1 Å². The lowest BCUT2D eigenvalue weighted by Gasteiger charge is -2.33. The molecule has 0 bridgehead atoms. The highest BCUT2D eigenvalue weighted by Gasteiger charge is 2.23. The van der Waals surface area contributed by atoms with Gasteiger partial charge in [-0.05, 0) is 32.4 Å². The Hall–Kier alpha value is -2.21. The van der Waals surface area contributed by atoms with Crippen LogP contribution in [0, 0.1) is 6.92 Å². The molecule has 6 heteroatoms. The van der Waals surface area contributed by atoms with Crippen LogP contribution in [0.3, 0.4) is 0 Å². The van der Waals surface area contributed by atoms with Gasteiger partial charge >= 0.3 is 0 Å². The van der Waals surface area contributed by atoms with Gasteiger partial charge in [0.1, 0.15) is 5.82 Å². The fraction of sp³-hybridized carbons (Fsp3) is 0.500. The van der Waals surface area contributed by atoms with E-state index in [1.54, 1.807) is 10.6 Å². The van der Waals surface area contributed by atoms with Crippen molar-refractivity contribution in [1.82, 2.24) is 14.5 Å². The molecule has 1 atom stereocenters. The van der Waals surface area contributed by atoms with Crippen molar-refractivity contribution in [3.63, 3.8) is 0 Å². The molecule has 1 aliphatic rings. The van der Waals surface area contributed by atoms with Crippen molar-refractivity contribution in [2.45, 2.75) is 39.3 Å². The van der Waals surface area contributed by atoms with E-state index in [-0.39, 0.29) is 17.5 Å². The van der Waals surface area contributed by atoms with Crippen molar-refractivity contribution in [3.05, 3.63) is 40.4 Å². The normalized spacial score (nSPS) is 18.1. The molecule has 0 saturated carbocycles. The predicted molar refractivity (Wildman–Crippen MR) is 92.0 cm³/mol. The maximum atomic E-state index is 12.6. The zero-order chi connectivity index (χ0) is 17.1. The van der Waals surface area contributed by atoms with E-state index in [9.17, 15) is 9.59 Å². The maximum absolute atomic E-state index is 12.6. The first-order valence-electron chi connectivity index (χ1n) is 8.41. The molecule has 1 aromatic carbocycles. The lowest BCUT2D eigenvalue weighted by Crippen LogP contribution is -2.47. The first-order valence-corrected chi connectivity index (χ1v) is 8.41. The lowest BCUT2D eigenvalue weighted by molar-refractivity contribution is -0.139. The van der Waals surface area contributed by atoms with E-state index >= 15 is 0 Å². The zero-order valence-electron chi connectivity index (χ0n) is 14.2. The van der Waals surface area contributed by atoms with Crippen LogP contribution in [0.25, 0.3) is 10.9 Å². The second-order valence-electron chi connectivity index (χ2n) is 6.25. The van der Waals surface area contributed by atoms with Crippen molar-refractivity contribution in [1.29, 1.82) is 0 Å². The summed E-state index contributed by atoms with van der Waals surface area (Å²) in [5, 5.41) is 0.622. The van der Waals surface area contributed by atoms with E-state index in [0.717, 1.165) is 5.52 Å². The van der Waals surface area contributed by atoms with E-state index in [1.165, 1.54) is 0 Å². The SMILES string of the molecule is Cc1nc2ccccc2c(=O)n1CCCC(=O)N1CCOC[C@@H]1C. The quantitative estimate of drug-likeness (QED) is 0.857. The topological polar surface area (TPSA) is 64.4 Å². The third kappa shape index (κ3) is 3.33. The fourth-order valence-corrected chi connectivity index (χ4v) is 3.17. The summed E-state index contributed by atoms with van der Waals surface area (Å²) < 4.78 is 7.03. The van der Waals surface area contributed by atoms with Gasteiger partial charge in [0.05, 0.1) is 30.2 Å². The molecule has 1 aliphatic heterocycles. The van der Waals surface area contributed by atoms with Crippen LogP contribution in [0.1, 0.15) is 25.6 Å². The van der Waals surface area contributed by atoms with Gasteiger partial charge in [-0.2, -0.15) is 0 Å². The molecule has 6 nitrogen and oxygen atoms in total. The van der Waals surface area contributed by atoms with E-state index in [0.29, 0.717) is 50.4 Å². The number of carbonyl (C=O) groups is 1. The molecule has 2 aromatic rings. The molecule has 24 heavy (non-hydrogen) atoms. The van der Waals surface area contributed by atoms with Crippen LogP contribution < -0.4 is 5.56 Å². The lowest BCUT2D eigenvalue weighted by atomic mass is 10.2. The summed E-state index contributed by atoms with van der Waals surface area (Å²) in [7, 11) is 0. The number of benzene rings is 1. The first kappa shape index (κ1) is 16.6. The number of nitrogens with zero attached hydrogens (tertiary/aromatic N) is 3. The highest BCUT2D eigenvalue weighted by Crippen LogP contribution is 2.11. The minimum atomic E-state index is -0.0368. The highest BCUT2D eigenvalue weighted by atomic mass is 16.5. The van der Waals surface area contributed by atoms with Crippen LogP contribution in [-0.4, -0.2) is 46.2 Å². The molecule has 0 aliphatic carbocycles. The Morgan fingerprint density at radius 1 is 1.38 bits per heavy atom. The number of carbonyl (C=O) groups excluding carboxylic acids is 1. The molecule has 3 rings (SSSR count). The Bertz CT molecular complexity index is 800. The second kappa shape index (κ2) is 7.13. The van der Waals surface area contributed by atoms with Crippen molar-refractivity contribution in [2.24, 2.45) is 0 Å². The van der Waals surface area contributed by atoms with E-state index in [4.69, 9.17) is 4.74 Å². The third-order valence-corrected chi connectivity index (χ3v) is 4.51. The molecule has 0 radical (unpaired) electrons. The molecule has 0 spiro atoms. The van der Waals surface area contributed by atoms with Gasteiger partial charge in [-0.15, -0.1) is 0 Å². The van der Waals surface area contributed by atoms with Crippen LogP contribution in [0.4, 0.5) is 0 Å². The Labute approximate surface area is 141 Å². The van der Waals surface area contributed by atoms with Crippen LogP contribution in [0.2, 0.25) is 0 Å². The van der Waals surface area contributed by atoms with Crippen LogP contribution in [0.5, 0.6) is 0 Å². The van der Waals surface area contributed by atoms with E-state index < -0.39 is 0 Å². The van der Waals surface area contributed by atoms with E-state index in [2.05, 4.69) is 4.98 Å². The van der Waals surface area contributed by atoms with Crippen LogP contribution in [0.15, 0.2) is 29.1 Å². The van der Waals surface area contributed by atoms with Crippen molar-refractivity contribution in [3.8, 4) is 0 Å². The van der Waals surface area contributed by atoms with Crippen molar-refractivity contribution < 1.29 is 9.53 Å². The van der Waals surface area contributed by atoms with Gasteiger partial charge < -0.3 is 9.64 Å². The number of aryl methyl sites for hydroxylation is 1. The predicted octanol–water partition coefficient (Wildman–Crippen LogP) is 1.73. The van der Waals surface area contributed by atoms with Gasteiger partial charge in [0, 0.05) is 19.5 Å². The van der Waals surface area contributed by atoms with Crippen molar-refractivity contribution in [2.75, 3.05) is 19.8 Å². The summed E-state index contributed by atoms with van der Waals surface area (Å²) in [6, 6.07) is 7.48. The third-order valence-electron chi connectivity index (χ3n) is 4.51. The Morgan fingerprint density at radius 3 is 2.96 bits per heavy atom. The number of hydrogen-bond donors (Lipinski definition) is 0. The average Bonchev–Trinajstić information content (AvgIpc) is 2.58. The second-order valence-corrected chi connectivity index (χ2v) is 6.25. The summed E-state index contributed by atoms with van der Waals surface area (Å²) in [6.07, 6.45) is 1.06. The molecule has 0 N–H and O–H groups in total. The summed E-state index contributed by atoms with van der Waals surface area (Å²) in [4.78, 5) is 31.3. The standard InChI is InChI=1S/C18H23N3O3/c1-13-12-24-11-10-20(13)17(22)8-5-9-21-14(2)19-16-7-4-3-6-15(16)18(21)23/h3-4,6-7,13H,5,8-12H2,1-2H3/t13-/m0/s1. The fourth-order valence-electron chi connectivity index (χ4n) is 3.17. The minimum Gasteiger partial charge on any atom is -0.377 e. The number of aromatic nitrogens is 2. The average molecular weight is 329 g/mol. The molecule has 128 valence electrons. The number of fused-ring (bicyclic) bond motifs is 1. The Morgan fingerprint density at radius 2 is 2.17 bits per heavy atom. The number of para-hydroxylation sites is 1. The van der Waals surface area contributed by atoms with Gasteiger partial charge in [-0.25, -0.2) is 4.98 Å². The Kier molecular flexibility index (Phi) is 4.94. The summed E-state index contributed by atoms with van der Waals surface area (Å²) in [6.45, 7) is 6.18. The monoisotopic (exact) mass is 329 g/mol. The number of rotatable bonds is 4. The summed E-state index contributed by atoms with van der Waals surface area (Å²) in [5.74, 6) is 0.816. The summed E-state index contributed by atoms with van der Waals surface area (Å²) in [5.41, 5.74) is 0.680. The number of hydrogen-bond acceptors (Lipinski definition) is 4. The van der Waals surface area contributed by atoms with Gasteiger partial charge in [0.2, 0.25) is 5.91 Å². The summed E-state index contributed by atoms with van der Waals surface area (Å²) >= 11 is 0. The Balaban J connectivity index is 1.68. The van der Waals surface area contributed by atoms with Gasteiger partial charge in [-0.3, -0.25) is 14.2 Å². The van der Waals surface area contributed by atoms with E-state index in [1.807, 2.05) is 36.9 Å². The molecule has 1 aromatic heterocycles. The molecule has 1 saturated heterocycles. The number of amides is 1. The molecular weight excluding hydrogens is 306 g/mol. The molecule has 0 unspecified atom stereocenters. The van der Waals surface area contributed by atoms with Crippen LogP contribution in [-0.2, 0) is 16.1 Å². The zero-order valence-corrected chi connectivity index (χ0v) is 14.2. The maximum Gasteiger partial charge on any atom is 0.261 e. The van der Waals surface area contributed by atoms with Crippen LogP contribution >= 0.6 is 0 Å². The molecular formula is C18H23N3O3. The largest absolute Gasteiger partial charge is 0.377 e. The number of ether oxygens (including phenoxy) is 1. The number of morpholine rings is 1. The molecule has 1 amide bonds. The van der Waals surface area contributed by atoms with Gasteiger partial charge in [0.15, 0.2) is 0 Å².